The van der Waals surface area contributed by atoms with E-state index in [9.17, 15) is 13.9 Å². The molecule has 0 radical (unpaired) electrons. The summed E-state index contributed by atoms with van der Waals surface area (Å²) in [6.07, 6.45) is 1.53. The highest BCUT2D eigenvalue weighted by Gasteiger charge is 2.45. The zero-order valence-electron chi connectivity index (χ0n) is 9.21. The van der Waals surface area contributed by atoms with Crippen LogP contribution in [-0.2, 0) is 4.79 Å². The molecule has 2 heterocycles. The van der Waals surface area contributed by atoms with Crippen molar-refractivity contribution < 1.29 is 13.9 Å². The van der Waals surface area contributed by atoms with E-state index in [1.165, 1.54) is 17.8 Å². The lowest BCUT2D eigenvalue weighted by atomic mass is 10.2. The van der Waals surface area contributed by atoms with Crippen LogP contribution in [0.4, 0.5) is 0 Å². The Balaban J connectivity index is 2.22. The van der Waals surface area contributed by atoms with E-state index in [1.54, 1.807) is 6.92 Å². The number of rotatable bonds is 2. The first-order chi connectivity index (χ1) is 7.98. The van der Waals surface area contributed by atoms with Crippen molar-refractivity contribution in [3.63, 3.8) is 0 Å². The number of nitrogens with zero attached hydrogens (tertiary/aromatic N) is 2. The Morgan fingerprint density at radius 1 is 1.65 bits per heavy atom. The van der Waals surface area contributed by atoms with E-state index in [2.05, 4.69) is 0 Å². The van der Waals surface area contributed by atoms with Crippen LogP contribution >= 0.6 is 22.5 Å². The van der Waals surface area contributed by atoms with Crippen molar-refractivity contribution in [2.24, 2.45) is 0 Å². The molecule has 7 heteroatoms. The molecule has 2 N–H and O–H groups in total. The van der Waals surface area contributed by atoms with E-state index in [0.29, 0.717) is 27.6 Å². The van der Waals surface area contributed by atoms with Gasteiger partial charge in [0, 0.05) is 17.1 Å². The van der Waals surface area contributed by atoms with Crippen LogP contribution in [0, 0.1) is 11.3 Å². The van der Waals surface area contributed by atoms with Gasteiger partial charge in [0.25, 0.3) is 5.91 Å². The predicted octanol–water partition coefficient (Wildman–Crippen LogP) is 1.96. The Labute approximate surface area is 105 Å². The van der Waals surface area contributed by atoms with Crippen molar-refractivity contribution in [3.05, 3.63) is 22.1 Å². The molecule has 0 unspecified atom stereocenters. The summed E-state index contributed by atoms with van der Waals surface area (Å²) in [6, 6.07) is 1.93. The first-order valence-corrected chi connectivity index (χ1v) is 7.61. The van der Waals surface area contributed by atoms with E-state index in [4.69, 9.17) is 5.26 Å². The Kier molecular flexibility index (Phi) is 3.23. The first kappa shape index (κ1) is 12.5. The van der Waals surface area contributed by atoms with Crippen LogP contribution in [0.15, 0.2) is 22.1 Å². The monoisotopic (exact) mass is 272 g/mol. The van der Waals surface area contributed by atoms with Crippen molar-refractivity contribution in [2.75, 3.05) is 18.1 Å². The lowest BCUT2D eigenvalue weighted by Crippen LogP contribution is -2.30. The number of thioether (sulfide) groups is 1. The minimum atomic E-state index is -3.13. The molecular weight excluding hydrogens is 260 g/mol. The second kappa shape index (κ2) is 4.38. The van der Waals surface area contributed by atoms with Gasteiger partial charge in [0.2, 0.25) is 0 Å². The summed E-state index contributed by atoms with van der Waals surface area (Å²) in [5.74, 6) is 0.731. The molecule has 0 bridgehead atoms. The third kappa shape index (κ3) is 1.98. The predicted molar refractivity (Wildman–Crippen MR) is 68.3 cm³/mol. The van der Waals surface area contributed by atoms with E-state index < -0.39 is 10.8 Å². The van der Waals surface area contributed by atoms with Gasteiger partial charge in [-0.1, -0.05) is 10.8 Å². The normalized spacial score (nSPS) is 24.9. The quantitative estimate of drug-likeness (QED) is 0.751. The van der Waals surface area contributed by atoms with Gasteiger partial charge in [-0.05, 0) is 13.0 Å². The van der Waals surface area contributed by atoms with E-state index in [1.807, 2.05) is 6.07 Å². The molecule has 0 aromatic carbocycles. The number of hydrogen-bond acceptors (Lipinski definition) is 5. The Bertz CT molecular complexity index is 476. The summed E-state index contributed by atoms with van der Waals surface area (Å²) in [5.41, 5.74) is 0.979. The fraction of sp³-hybridized carbons (Fsp3) is 0.400. The molecule has 1 amide bonds. The van der Waals surface area contributed by atoms with Crippen LogP contribution in [0.3, 0.4) is 0 Å². The van der Waals surface area contributed by atoms with E-state index >= 15 is 0 Å². The van der Waals surface area contributed by atoms with E-state index in [0.717, 1.165) is 4.31 Å². The molecule has 0 fully saturated rings. The molecule has 0 spiro atoms. The summed E-state index contributed by atoms with van der Waals surface area (Å²) in [4.78, 5) is 12.4. The summed E-state index contributed by atoms with van der Waals surface area (Å²) in [7, 11) is -3.13. The first-order valence-electron chi connectivity index (χ1n) is 4.95. The zero-order valence-corrected chi connectivity index (χ0v) is 10.8. The fourth-order valence-corrected chi connectivity index (χ4v) is 5.01. The smallest absolute Gasteiger partial charge is 0.270 e. The Hall–Kier alpha value is -0.940. The van der Waals surface area contributed by atoms with Gasteiger partial charge >= 0.3 is 0 Å². The average Bonchev–Trinajstić information content (AvgIpc) is 2.82. The van der Waals surface area contributed by atoms with Crippen molar-refractivity contribution in [1.29, 1.82) is 5.26 Å². The van der Waals surface area contributed by atoms with Crippen LogP contribution < -0.4 is 0 Å². The highest BCUT2D eigenvalue weighted by molar-refractivity contribution is 8.27. The molecular formula is C10H12N2O3S2. The Morgan fingerprint density at radius 2 is 2.35 bits per heavy atom. The minimum Gasteiger partial charge on any atom is -0.278 e. The van der Waals surface area contributed by atoms with Crippen molar-refractivity contribution >= 4 is 28.4 Å². The minimum absolute atomic E-state index is 0.0677. The van der Waals surface area contributed by atoms with Crippen LogP contribution in [0.25, 0.3) is 0 Å². The molecule has 92 valence electrons. The lowest BCUT2D eigenvalue weighted by molar-refractivity contribution is -0.122. The largest absolute Gasteiger partial charge is 0.278 e. The molecule has 0 aromatic heterocycles. The second-order valence-electron chi connectivity index (χ2n) is 3.78. The summed E-state index contributed by atoms with van der Waals surface area (Å²) < 4.78 is 21.1. The van der Waals surface area contributed by atoms with Gasteiger partial charge in [-0.2, -0.15) is 17.0 Å². The maximum absolute atomic E-state index is 11.9. The number of hydrogen-bond donors (Lipinski definition) is 2. The van der Waals surface area contributed by atoms with Gasteiger partial charge in [0.05, 0.1) is 23.1 Å². The summed E-state index contributed by atoms with van der Waals surface area (Å²) in [6.45, 7) is 1.68. The van der Waals surface area contributed by atoms with E-state index in [-0.39, 0.29) is 12.5 Å². The topological polar surface area (TPSA) is 84.6 Å². The molecule has 2 rings (SSSR count). The molecule has 2 aliphatic heterocycles. The molecule has 0 saturated carbocycles. The number of amides is 1. The van der Waals surface area contributed by atoms with Crippen molar-refractivity contribution in [1.82, 2.24) is 4.31 Å². The third-order valence-corrected chi connectivity index (χ3v) is 5.83. The van der Waals surface area contributed by atoms with Crippen LogP contribution in [0.2, 0.25) is 0 Å². The highest BCUT2D eigenvalue weighted by Crippen LogP contribution is 2.60. The zero-order chi connectivity index (χ0) is 12.6. The average molecular weight is 272 g/mol. The number of nitriles is 1. The van der Waals surface area contributed by atoms with Crippen molar-refractivity contribution in [2.45, 2.75) is 6.92 Å². The van der Waals surface area contributed by atoms with Crippen LogP contribution in [0.1, 0.15) is 6.92 Å². The summed E-state index contributed by atoms with van der Waals surface area (Å²) >= 11 is 1.51. The van der Waals surface area contributed by atoms with Gasteiger partial charge in [-0.25, -0.2) is 4.31 Å². The molecule has 0 saturated heterocycles. The van der Waals surface area contributed by atoms with Gasteiger partial charge < -0.3 is 0 Å². The number of carbonyl (C=O) groups is 1. The lowest BCUT2D eigenvalue weighted by Gasteiger charge is -2.38. The number of allylic oxidation sites excluding steroid dienone is 1. The fourth-order valence-electron chi connectivity index (χ4n) is 1.69. The maximum atomic E-state index is 11.9. The SMILES string of the molecule is CC(C#N)=CCN1C(=O)C2=C(CSC2)S1(O)O. The summed E-state index contributed by atoms with van der Waals surface area (Å²) in [5, 5.41) is 8.61. The molecule has 0 aliphatic carbocycles. The van der Waals surface area contributed by atoms with Gasteiger partial charge in [0.15, 0.2) is 0 Å². The third-order valence-electron chi connectivity index (χ3n) is 2.68. The second-order valence-corrected chi connectivity index (χ2v) is 6.74. The van der Waals surface area contributed by atoms with Crippen LogP contribution in [0.5, 0.6) is 0 Å². The Morgan fingerprint density at radius 3 is 2.94 bits per heavy atom. The van der Waals surface area contributed by atoms with Crippen molar-refractivity contribution in [3.8, 4) is 6.07 Å². The maximum Gasteiger partial charge on any atom is 0.270 e. The van der Waals surface area contributed by atoms with Gasteiger partial charge in [-0.15, -0.1) is 0 Å². The highest BCUT2D eigenvalue weighted by atomic mass is 32.3. The molecule has 0 atom stereocenters. The molecule has 5 nitrogen and oxygen atoms in total. The van der Waals surface area contributed by atoms with Gasteiger partial charge in [0.1, 0.15) is 0 Å². The molecule has 17 heavy (non-hydrogen) atoms. The number of carbonyl (C=O) groups excluding carboxylic acids is 1. The molecule has 0 aromatic rings. The standard InChI is InChI=1S/C10H12N2O3S2/c1-7(4-11)2-3-12-10(13)8-5-16-6-9(8)17(12,14)15/h2,14-15H,3,5-6H2,1H3. The van der Waals surface area contributed by atoms with Crippen LogP contribution in [-0.4, -0.2) is 37.4 Å². The molecule has 2 aliphatic rings. The van der Waals surface area contributed by atoms with Gasteiger partial charge in [-0.3, -0.25) is 13.9 Å².